The molecule has 0 saturated carbocycles. The number of H-pyrrole nitrogens is 1. The van der Waals surface area contributed by atoms with Crippen molar-refractivity contribution in [3.05, 3.63) is 53.9 Å². The molecule has 0 saturated heterocycles. The van der Waals surface area contributed by atoms with Crippen LogP contribution < -0.4 is 0 Å². The first-order chi connectivity index (χ1) is 8.76. The summed E-state index contributed by atoms with van der Waals surface area (Å²) < 4.78 is 0. The van der Waals surface area contributed by atoms with E-state index in [4.69, 9.17) is 0 Å². The van der Waals surface area contributed by atoms with Crippen LogP contribution in [0, 0.1) is 6.92 Å². The van der Waals surface area contributed by atoms with Crippen LogP contribution in [0.25, 0.3) is 22.2 Å². The molecule has 18 heavy (non-hydrogen) atoms. The molecule has 1 N–H and O–H groups in total. The van der Waals surface area contributed by atoms with E-state index in [2.05, 4.69) is 66.3 Å². The lowest BCUT2D eigenvalue weighted by atomic mass is 10.0. The van der Waals surface area contributed by atoms with Crippen LogP contribution in [0.15, 0.2) is 42.5 Å². The van der Waals surface area contributed by atoms with Gasteiger partial charge in [0.05, 0.1) is 11.0 Å². The first-order valence-electron chi connectivity index (χ1n) is 6.32. The Morgan fingerprint density at radius 3 is 2.44 bits per heavy atom. The molecule has 0 aliphatic rings. The first kappa shape index (κ1) is 11.0. The van der Waals surface area contributed by atoms with Gasteiger partial charge in [-0.3, -0.25) is 0 Å². The number of aryl methyl sites for hydroxylation is 2. The summed E-state index contributed by atoms with van der Waals surface area (Å²) in [5.74, 6) is 1.05. The second kappa shape index (κ2) is 4.30. The molecule has 0 aliphatic carbocycles. The van der Waals surface area contributed by atoms with Gasteiger partial charge in [-0.05, 0) is 30.2 Å². The minimum absolute atomic E-state index is 0.939. The van der Waals surface area contributed by atoms with Crippen LogP contribution in [-0.2, 0) is 6.42 Å². The second-order valence-corrected chi connectivity index (χ2v) is 4.64. The Labute approximate surface area is 107 Å². The van der Waals surface area contributed by atoms with Crippen molar-refractivity contribution in [2.75, 3.05) is 0 Å². The number of nitrogens with zero attached hydrogens (tertiary/aromatic N) is 1. The van der Waals surface area contributed by atoms with E-state index in [0.717, 1.165) is 23.3 Å². The minimum atomic E-state index is 0.939. The summed E-state index contributed by atoms with van der Waals surface area (Å²) in [5, 5.41) is 0. The average Bonchev–Trinajstić information content (AvgIpc) is 2.81. The maximum absolute atomic E-state index is 4.52. The quantitative estimate of drug-likeness (QED) is 0.713. The molecule has 2 nitrogen and oxygen atoms in total. The van der Waals surface area contributed by atoms with Crippen LogP contribution >= 0.6 is 0 Å². The largest absolute Gasteiger partial charge is 0.342 e. The molecular formula is C16H16N2. The van der Waals surface area contributed by atoms with E-state index in [1.807, 2.05) is 0 Å². The summed E-state index contributed by atoms with van der Waals surface area (Å²) in [5.41, 5.74) is 5.92. The number of hydrogen-bond acceptors (Lipinski definition) is 1. The fraction of sp³-hybridized carbons (Fsp3) is 0.188. The Morgan fingerprint density at radius 1 is 1.00 bits per heavy atom. The highest BCUT2D eigenvalue weighted by atomic mass is 14.9. The Morgan fingerprint density at radius 2 is 1.72 bits per heavy atom. The number of aromatic nitrogens is 2. The molecule has 90 valence electrons. The summed E-state index contributed by atoms with van der Waals surface area (Å²) in [6, 6.07) is 15.0. The zero-order valence-corrected chi connectivity index (χ0v) is 10.7. The normalized spacial score (nSPS) is 11.0. The van der Waals surface area contributed by atoms with Gasteiger partial charge in [0.25, 0.3) is 0 Å². The Balaban J connectivity index is 2.09. The van der Waals surface area contributed by atoms with Crippen molar-refractivity contribution in [2.45, 2.75) is 20.3 Å². The van der Waals surface area contributed by atoms with Gasteiger partial charge in [-0.1, -0.05) is 42.8 Å². The fourth-order valence-corrected chi connectivity index (χ4v) is 2.16. The van der Waals surface area contributed by atoms with Gasteiger partial charge in [0.1, 0.15) is 5.82 Å². The van der Waals surface area contributed by atoms with E-state index < -0.39 is 0 Å². The molecule has 2 heteroatoms. The standard InChI is InChI=1S/C16H16N2/c1-3-16-17-14-9-8-13(10-15(14)18-16)12-6-4-11(2)5-7-12/h4-10H,3H2,1-2H3,(H,17,18). The molecule has 0 spiro atoms. The van der Waals surface area contributed by atoms with Gasteiger partial charge >= 0.3 is 0 Å². The maximum Gasteiger partial charge on any atom is 0.106 e. The zero-order valence-electron chi connectivity index (χ0n) is 10.7. The van der Waals surface area contributed by atoms with Crippen molar-refractivity contribution < 1.29 is 0 Å². The molecular weight excluding hydrogens is 220 g/mol. The van der Waals surface area contributed by atoms with Gasteiger partial charge in [-0.15, -0.1) is 0 Å². The predicted octanol–water partition coefficient (Wildman–Crippen LogP) is 4.10. The molecule has 1 heterocycles. The van der Waals surface area contributed by atoms with Crippen molar-refractivity contribution in [3.8, 4) is 11.1 Å². The smallest absolute Gasteiger partial charge is 0.106 e. The van der Waals surface area contributed by atoms with Crippen LogP contribution in [0.5, 0.6) is 0 Å². The highest BCUT2D eigenvalue weighted by Crippen LogP contribution is 2.23. The van der Waals surface area contributed by atoms with E-state index >= 15 is 0 Å². The molecule has 0 bridgehead atoms. The molecule has 0 amide bonds. The Bertz CT molecular complexity index is 678. The number of fused-ring (bicyclic) bond motifs is 1. The number of benzene rings is 2. The summed E-state index contributed by atoms with van der Waals surface area (Å²) in [4.78, 5) is 7.88. The molecule has 1 aromatic heterocycles. The summed E-state index contributed by atoms with van der Waals surface area (Å²) in [6.45, 7) is 4.22. The van der Waals surface area contributed by atoms with Gasteiger partial charge in [0, 0.05) is 6.42 Å². The van der Waals surface area contributed by atoms with E-state index in [1.54, 1.807) is 0 Å². The van der Waals surface area contributed by atoms with Crippen molar-refractivity contribution in [2.24, 2.45) is 0 Å². The number of hydrogen-bond donors (Lipinski definition) is 1. The minimum Gasteiger partial charge on any atom is -0.342 e. The topological polar surface area (TPSA) is 28.7 Å². The first-order valence-corrected chi connectivity index (χ1v) is 6.32. The lowest BCUT2D eigenvalue weighted by molar-refractivity contribution is 1.00. The van der Waals surface area contributed by atoms with Crippen molar-refractivity contribution in [1.82, 2.24) is 9.97 Å². The van der Waals surface area contributed by atoms with E-state index in [9.17, 15) is 0 Å². The van der Waals surface area contributed by atoms with E-state index in [0.29, 0.717) is 0 Å². The lowest BCUT2D eigenvalue weighted by Crippen LogP contribution is -1.80. The molecule has 0 radical (unpaired) electrons. The fourth-order valence-electron chi connectivity index (χ4n) is 2.16. The highest BCUT2D eigenvalue weighted by Gasteiger charge is 2.03. The number of imidazole rings is 1. The highest BCUT2D eigenvalue weighted by molar-refractivity contribution is 5.82. The van der Waals surface area contributed by atoms with Gasteiger partial charge in [0.2, 0.25) is 0 Å². The van der Waals surface area contributed by atoms with Crippen molar-refractivity contribution in [3.63, 3.8) is 0 Å². The van der Waals surface area contributed by atoms with E-state index in [1.165, 1.54) is 16.7 Å². The molecule has 3 aromatic rings. The monoisotopic (exact) mass is 236 g/mol. The molecule has 0 aliphatic heterocycles. The zero-order chi connectivity index (χ0) is 12.5. The summed E-state index contributed by atoms with van der Waals surface area (Å²) in [7, 11) is 0. The molecule has 3 rings (SSSR count). The number of nitrogens with one attached hydrogen (secondary N) is 1. The molecule has 0 fully saturated rings. The lowest BCUT2D eigenvalue weighted by Gasteiger charge is -2.02. The predicted molar refractivity (Wildman–Crippen MR) is 75.6 cm³/mol. The summed E-state index contributed by atoms with van der Waals surface area (Å²) >= 11 is 0. The van der Waals surface area contributed by atoms with Crippen LogP contribution in [-0.4, -0.2) is 9.97 Å². The van der Waals surface area contributed by atoms with Crippen LogP contribution in [0.1, 0.15) is 18.3 Å². The molecule has 0 atom stereocenters. The number of rotatable bonds is 2. The van der Waals surface area contributed by atoms with Gasteiger partial charge in [-0.25, -0.2) is 4.98 Å². The third kappa shape index (κ3) is 1.90. The summed E-state index contributed by atoms with van der Waals surface area (Å²) in [6.07, 6.45) is 0.939. The van der Waals surface area contributed by atoms with Gasteiger partial charge in [0.15, 0.2) is 0 Å². The third-order valence-corrected chi connectivity index (χ3v) is 3.25. The van der Waals surface area contributed by atoms with Gasteiger partial charge in [-0.2, -0.15) is 0 Å². The molecule has 0 unspecified atom stereocenters. The van der Waals surface area contributed by atoms with Crippen LogP contribution in [0.2, 0.25) is 0 Å². The maximum atomic E-state index is 4.52. The average molecular weight is 236 g/mol. The van der Waals surface area contributed by atoms with Gasteiger partial charge < -0.3 is 4.98 Å². The SMILES string of the molecule is CCc1nc2ccc(-c3ccc(C)cc3)cc2[nH]1. The Kier molecular flexibility index (Phi) is 2.63. The molecule has 2 aromatic carbocycles. The number of aromatic amines is 1. The van der Waals surface area contributed by atoms with Crippen LogP contribution in [0.3, 0.4) is 0 Å². The Hall–Kier alpha value is -2.09. The van der Waals surface area contributed by atoms with Crippen molar-refractivity contribution >= 4 is 11.0 Å². The third-order valence-electron chi connectivity index (χ3n) is 3.25. The second-order valence-electron chi connectivity index (χ2n) is 4.64. The van der Waals surface area contributed by atoms with Crippen LogP contribution in [0.4, 0.5) is 0 Å². The van der Waals surface area contributed by atoms with E-state index in [-0.39, 0.29) is 0 Å². The van der Waals surface area contributed by atoms with Crippen molar-refractivity contribution in [1.29, 1.82) is 0 Å².